The highest BCUT2D eigenvalue weighted by Crippen LogP contribution is 2.25. The number of amides is 2. The van der Waals surface area contributed by atoms with Crippen molar-refractivity contribution in [2.24, 2.45) is 10.8 Å². The van der Waals surface area contributed by atoms with Crippen LogP contribution in [0.15, 0.2) is 29.4 Å². The van der Waals surface area contributed by atoms with E-state index in [9.17, 15) is 22.4 Å². The van der Waals surface area contributed by atoms with Gasteiger partial charge in [-0.1, -0.05) is 0 Å². The Morgan fingerprint density at radius 2 is 1.96 bits per heavy atom. The normalized spacial score (nSPS) is 24.8. The molecule has 3 rings (SSSR count). The zero-order chi connectivity index (χ0) is 18.2. The highest BCUT2D eigenvalue weighted by Gasteiger charge is 2.36. The van der Waals surface area contributed by atoms with Crippen molar-refractivity contribution in [1.82, 2.24) is 5.32 Å². The second-order valence-corrected chi connectivity index (χ2v) is 8.29. The van der Waals surface area contributed by atoms with Crippen LogP contribution in [0.3, 0.4) is 0 Å². The molecule has 2 aliphatic heterocycles. The van der Waals surface area contributed by atoms with Crippen LogP contribution in [0.2, 0.25) is 0 Å². The summed E-state index contributed by atoms with van der Waals surface area (Å²) in [7, 11) is -3.12. The molecule has 1 aromatic carbocycles. The Balaban J connectivity index is 1.77. The first kappa shape index (κ1) is 17.3. The molecule has 0 bridgehead atoms. The molecule has 0 saturated carbocycles. The Bertz CT molecular complexity index is 838. The third-order valence-electron chi connectivity index (χ3n) is 4.16. The number of primary amides is 1. The van der Waals surface area contributed by atoms with Gasteiger partial charge in [0.1, 0.15) is 17.6 Å². The Kier molecular flexibility index (Phi) is 4.46. The zero-order valence-corrected chi connectivity index (χ0v) is 14.0. The molecule has 8 nitrogen and oxygen atoms in total. The van der Waals surface area contributed by atoms with Gasteiger partial charge < -0.3 is 11.1 Å². The lowest BCUT2D eigenvalue weighted by molar-refractivity contribution is -0.119. The number of benzene rings is 1. The fourth-order valence-corrected chi connectivity index (χ4v) is 4.55. The number of anilines is 1. The lowest BCUT2D eigenvalue weighted by Gasteiger charge is -2.20. The van der Waals surface area contributed by atoms with Crippen molar-refractivity contribution in [2.75, 3.05) is 16.5 Å². The summed E-state index contributed by atoms with van der Waals surface area (Å²) in [5.74, 6) is -1.71. The van der Waals surface area contributed by atoms with Crippen LogP contribution in [-0.2, 0) is 19.4 Å². The number of nitrogens with two attached hydrogens (primary N) is 1. The van der Waals surface area contributed by atoms with Crippen LogP contribution in [0, 0.1) is 5.82 Å². The summed E-state index contributed by atoms with van der Waals surface area (Å²) in [6.45, 7) is 0. The van der Waals surface area contributed by atoms with E-state index in [4.69, 9.17) is 5.73 Å². The molecule has 0 aliphatic carbocycles. The fourth-order valence-electron chi connectivity index (χ4n) is 2.88. The summed E-state index contributed by atoms with van der Waals surface area (Å²) >= 11 is 0. The van der Waals surface area contributed by atoms with Gasteiger partial charge in [0.25, 0.3) is 5.91 Å². The highest BCUT2D eigenvalue weighted by molar-refractivity contribution is 7.91. The molecular weight excluding hydrogens is 351 g/mol. The van der Waals surface area contributed by atoms with Crippen LogP contribution in [0.1, 0.15) is 12.8 Å². The monoisotopic (exact) mass is 368 g/mol. The molecule has 2 amide bonds. The quantitative estimate of drug-likeness (QED) is 0.745. The van der Waals surface area contributed by atoms with Crippen molar-refractivity contribution in [2.45, 2.75) is 24.9 Å². The van der Waals surface area contributed by atoms with Crippen molar-refractivity contribution in [3.63, 3.8) is 0 Å². The van der Waals surface area contributed by atoms with Crippen molar-refractivity contribution < 1.29 is 22.4 Å². The summed E-state index contributed by atoms with van der Waals surface area (Å²) in [5, 5.41) is 8.04. The first-order valence-corrected chi connectivity index (χ1v) is 9.50. The summed E-state index contributed by atoms with van der Waals surface area (Å²) in [6.07, 6.45) is 0.348. The van der Waals surface area contributed by atoms with Gasteiger partial charge >= 0.3 is 0 Å². The first-order valence-electron chi connectivity index (χ1n) is 7.68. The molecule has 3 N–H and O–H groups in total. The van der Waals surface area contributed by atoms with Gasteiger partial charge in [0.2, 0.25) is 5.91 Å². The lowest BCUT2D eigenvalue weighted by atomic mass is 10.1. The van der Waals surface area contributed by atoms with Crippen LogP contribution in [-0.4, -0.2) is 49.5 Å². The van der Waals surface area contributed by atoms with Gasteiger partial charge in [0.05, 0.1) is 17.2 Å². The van der Waals surface area contributed by atoms with E-state index >= 15 is 0 Å². The van der Waals surface area contributed by atoms with Crippen LogP contribution in [0.5, 0.6) is 0 Å². The lowest BCUT2D eigenvalue weighted by Crippen LogP contribution is -2.41. The number of nitrogens with one attached hydrogen (secondary N) is 1. The predicted octanol–water partition coefficient (Wildman–Crippen LogP) is -0.451. The number of carbonyl (C=O) groups excluding carboxylic acids is 2. The molecule has 0 aromatic heterocycles. The molecule has 1 saturated heterocycles. The van der Waals surface area contributed by atoms with Gasteiger partial charge in [-0.15, -0.1) is 0 Å². The van der Waals surface area contributed by atoms with Gasteiger partial charge in [-0.25, -0.2) is 12.8 Å². The molecule has 0 radical (unpaired) electrons. The van der Waals surface area contributed by atoms with E-state index in [0.29, 0.717) is 12.1 Å². The second kappa shape index (κ2) is 6.43. The largest absolute Gasteiger partial charge is 0.368 e. The molecule has 0 spiro atoms. The maximum absolute atomic E-state index is 13.1. The molecule has 10 heteroatoms. The number of sulfone groups is 1. The van der Waals surface area contributed by atoms with Crippen molar-refractivity contribution >= 4 is 33.1 Å². The third-order valence-corrected chi connectivity index (χ3v) is 5.93. The maximum atomic E-state index is 13.1. The molecule has 2 heterocycles. The Hall–Kier alpha value is -2.49. The molecule has 25 heavy (non-hydrogen) atoms. The van der Waals surface area contributed by atoms with Gasteiger partial charge in [0, 0.05) is 12.5 Å². The number of hydrogen-bond acceptors (Lipinski definition) is 6. The topological polar surface area (TPSA) is 122 Å². The first-order chi connectivity index (χ1) is 11.7. The van der Waals surface area contributed by atoms with Crippen molar-refractivity contribution in [3.8, 4) is 0 Å². The van der Waals surface area contributed by atoms with E-state index in [2.05, 4.69) is 10.4 Å². The minimum Gasteiger partial charge on any atom is -0.368 e. The summed E-state index contributed by atoms with van der Waals surface area (Å²) < 4.78 is 36.0. The van der Waals surface area contributed by atoms with E-state index in [1.54, 1.807) is 0 Å². The molecule has 2 atom stereocenters. The fraction of sp³-hybridized carbons (Fsp3) is 0.400. The van der Waals surface area contributed by atoms with Gasteiger partial charge in [-0.3, -0.25) is 14.6 Å². The minimum atomic E-state index is -3.12. The number of nitrogens with zero attached hydrogens (tertiary/aromatic N) is 2. The van der Waals surface area contributed by atoms with Crippen LogP contribution >= 0.6 is 0 Å². The highest BCUT2D eigenvalue weighted by atomic mass is 32.2. The summed E-state index contributed by atoms with van der Waals surface area (Å²) in [6, 6.07) is 3.96. The molecule has 1 fully saturated rings. The molecule has 1 aromatic rings. The Labute approximate surface area is 143 Å². The van der Waals surface area contributed by atoms with E-state index in [0.717, 1.165) is 0 Å². The molecule has 134 valence electrons. The van der Waals surface area contributed by atoms with Crippen LogP contribution < -0.4 is 16.1 Å². The number of hydrogen-bond donors (Lipinski definition) is 2. The summed E-state index contributed by atoms with van der Waals surface area (Å²) in [4.78, 5) is 24.0. The van der Waals surface area contributed by atoms with E-state index in [1.165, 1.54) is 29.3 Å². The molecular formula is C15H17FN4O4S. The van der Waals surface area contributed by atoms with Crippen LogP contribution in [0.25, 0.3) is 0 Å². The standard InChI is InChI=1S/C15H17FN4O4S/c16-9-1-3-11(4-2-9)20-13(14(17)21)7-12(19-20)15(22)18-10-5-6-25(23,24)8-10/h1-4,10,13H,5-8H2,(H2,17,21)(H,18,22)/t10-,13+/m0/s1. The van der Waals surface area contributed by atoms with Crippen molar-refractivity contribution in [3.05, 3.63) is 30.1 Å². The number of carbonyl (C=O) groups is 2. The third kappa shape index (κ3) is 3.78. The van der Waals surface area contributed by atoms with E-state index in [1.807, 2.05) is 0 Å². The number of rotatable bonds is 4. The summed E-state index contributed by atoms with van der Waals surface area (Å²) in [5.41, 5.74) is 5.89. The van der Waals surface area contributed by atoms with Gasteiger partial charge in [0.15, 0.2) is 9.84 Å². The molecule has 0 unspecified atom stereocenters. The average Bonchev–Trinajstić information content (AvgIpc) is 3.12. The smallest absolute Gasteiger partial charge is 0.267 e. The number of halogens is 1. The second-order valence-electron chi connectivity index (χ2n) is 6.06. The van der Waals surface area contributed by atoms with Crippen molar-refractivity contribution in [1.29, 1.82) is 0 Å². The zero-order valence-electron chi connectivity index (χ0n) is 13.2. The Morgan fingerprint density at radius 1 is 1.28 bits per heavy atom. The average molecular weight is 368 g/mol. The maximum Gasteiger partial charge on any atom is 0.267 e. The SMILES string of the molecule is NC(=O)[C@H]1CC(C(=O)N[C@H]2CCS(=O)(=O)C2)=NN1c1ccc(F)cc1. The minimum absolute atomic E-state index is 0.00197. The Morgan fingerprint density at radius 3 is 2.52 bits per heavy atom. The predicted molar refractivity (Wildman–Crippen MR) is 89.1 cm³/mol. The van der Waals surface area contributed by atoms with Crippen LogP contribution in [0.4, 0.5) is 10.1 Å². The molecule has 2 aliphatic rings. The van der Waals surface area contributed by atoms with E-state index < -0.39 is 39.6 Å². The van der Waals surface area contributed by atoms with Gasteiger partial charge in [-0.05, 0) is 30.7 Å². The van der Waals surface area contributed by atoms with Gasteiger partial charge in [-0.2, -0.15) is 5.10 Å². The van der Waals surface area contributed by atoms with E-state index in [-0.39, 0.29) is 23.6 Å². The number of hydrazone groups is 1.